The van der Waals surface area contributed by atoms with Crippen LogP contribution in [0, 0.1) is 5.82 Å². The number of nitrogens with zero attached hydrogens (tertiary/aromatic N) is 2. The molecule has 0 aliphatic carbocycles. The number of benzene rings is 2. The van der Waals surface area contributed by atoms with Gasteiger partial charge in [-0.2, -0.15) is 0 Å². The summed E-state index contributed by atoms with van der Waals surface area (Å²) < 4.78 is 13.8. The highest BCUT2D eigenvalue weighted by atomic mass is 35.5. The van der Waals surface area contributed by atoms with Gasteiger partial charge < -0.3 is 10.2 Å². The number of amides is 3. The zero-order chi connectivity index (χ0) is 25.5. The van der Waals surface area contributed by atoms with E-state index in [1.807, 2.05) is 19.1 Å². The summed E-state index contributed by atoms with van der Waals surface area (Å²) in [6, 6.07) is 9.48. The summed E-state index contributed by atoms with van der Waals surface area (Å²) >= 11 is 7.34. The molecule has 2 aromatic rings. The third-order valence-electron chi connectivity index (χ3n) is 6.02. The molecule has 2 aliphatic rings. The normalized spacial score (nSPS) is 18.1. The SMILES string of the molecule is CCN1c2cc(Cl)c(/C=C3/SC(=O)N(CC(=O)Nc4ccccc4F)C3=O)cc2C(C)=CC1(C)C. The number of allylic oxidation sites excluding steroid dienone is 1. The Morgan fingerprint density at radius 3 is 2.63 bits per heavy atom. The van der Waals surface area contributed by atoms with Crippen LogP contribution in [-0.4, -0.2) is 40.6 Å². The van der Waals surface area contributed by atoms with Crippen molar-refractivity contribution >= 4 is 63.4 Å². The molecule has 6 nitrogen and oxygen atoms in total. The largest absolute Gasteiger partial charge is 0.363 e. The van der Waals surface area contributed by atoms with Crippen LogP contribution in [0.1, 0.15) is 38.8 Å². The van der Waals surface area contributed by atoms with Gasteiger partial charge in [-0.05, 0) is 80.9 Å². The minimum absolute atomic E-state index is 0.0198. The molecule has 0 saturated carbocycles. The summed E-state index contributed by atoms with van der Waals surface area (Å²) in [5.41, 5.74) is 3.54. The molecule has 2 heterocycles. The van der Waals surface area contributed by atoms with Gasteiger partial charge in [0, 0.05) is 22.8 Å². The van der Waals surface area contributed by atoms with E-state index in [1.54, 1.807) is 12.1 Å². The number of fused-ring (bicyclic) bond motifs is 1. The number of thioether (sulfide) groups is 1. The minimum Gasteiger partial charge on any atom is -0.363 e. The molecule has 0 radical (unpaired) electrons. The lowest BCUT2D eigenvalue weighted by Gasteiger charge is -2.43. The van der Waals surface area contributed by atoms with Crippen LogP contribution in [0.4, 0.5) is 20.6 Å². The van der Waals surface area contributed by atoms with Crippen molar-refractivity contribution in [3.8, 4) is 0 Å². The number of likely N-dealkylation sites (N-methyl/N-ethyl adjacent to an activating group) is 1. The van der Waals surface area contributed by atoms with Gasteiger partial charge in [-0.15, -0.1) is 0 Å². The molecule has 2 aliphatic heterocycles. The fourth-order valence-electron chi connectivity index (χ4n) is 4.48. The van der Waals surface area contributed by atoms with Crippen LogP contribution in [0.3, 0.4) is 0 Å². The summed E-state index contributed by atoms with van der Waals surface area (Å²) in [6.45, 7) is 8.68. The van der Waals surface area contributed by atoms with E-state index < -0.39 is 29.4 Å². The maximum Gasteiger partial charge on any atom is 0.294 e. The molecular weight excluding hydrogens is 489 g/mol. The van der Waals surface area contributed by atoms with E-state index in [1.165, 1.54) is 18.2 Å². The zero-order valence-electron chi connectivity index (χ0n) is 19.8. The molecule has 9 heteroatoms. The lowest BCUT2D eigenvalue weighted by atomic mass is 9.88. The summed E-state index contributed by atoms with van der Waals surface area (Å²) in [7, 11) is 0. The maximum absolute atomic E-state index is 13.8. The van der Waals surface area contributed by atoms with Gasteiger partial charge in [-0.25, -0.2) is 4.39 Å². The van der Waals surface area contributed by atoms with E-state index in [9.17, 15) is 18.8 Å². The fourth-order valence-corrected chi connectivity index (χ4v) is 5.52. The van der Waals surface area contributed by atoms with Crippen molar-refractivity contribution in [2.24, 2.45) is 0 Å². The highest BCUT2D eigenvalue weighted by molar-refractivity contribution is 8.18. The van der Waals surface area contributed by atoms with E-state index in [-0.39, 0.29) is 16.1 Å². The molecule has 35 heavy (non-hydrogen) atoms. The summed E-state index contributed by atoms with van der Waals surface area (Å²) in [6.07, 6.45) is 3.77. The first-order valence-electron chi connectivity index (χ1n) is 11.1. The van der Waals surface area contributed by atoms with Crippen LogP contribution in [-0.2, 0) is 9.59 Å². The van der Waals surface area contributed by atoms with Crippen LogP contribution < -0.4 is 10.2 Å². The van der Waals surface area contributed by atoms with E-state index in [0.717, 1.165) is 40.0 Å². The monoisotopic (exact) mass is 513 g/mol. The Morgan fingerprint density at radius 2 is 1.94 bits per heavy atom. The summed E-state index contributed by atoms with van der Waals surface area (Å²) in [5, 5.41) is 2.27. The second-order valence-corrected chi connectivity index (χ2v) is 10.3. The Hall–Kier alpha value is -3.10. The van der Waals surface area contributed by atoms with E-state index in [0.29, 0.717) is 10.6 Å². The summed E-state index contributed by atoms with van der Waals surface area (Å²) in [4.78, 5) is 41.0. The van der Waals surface area contributed by atoms with Crippen molar-refractivity contribution in [3.05, 3.63) is 69.3 Å². The number of carbonyl (C=O) groups excluding carboxylic acids is 3. The van der Waals surface area contributed by atoms with Gasteiger partial charge in [0.05, 0.1) is 16.1 Å². The van der Waals surface area contributed by atoms with Crippen molar-refractivity contribution < 1.29 is 18.8 Å². The number of nitrogens with one attached hydrogen (secondary N) is 1. The van der Waals surface area contributed by atoms with Gasteiger partial charge in [-0.3, -0.25) is 19.3 Å². The number of carbonyl (C=O) groups is 3. The van der Waals surface area contributed by atoms with Gasteiger partial charge in [0.15, 0.2) is 0 Å². The molecule has 4 rings (SSSR count). The lowest BCUT2D eigenvalue weighted by molar-refractivity contribution is -0.127. The first-order chi connectivity index (χ1) is 16.5. The topological polar surface area (TPSA) is 69.7 Å². The number of anilines is 2. The van der Waals surface area contributed by atoms with Crippen LogP contribution in [0.2, 0.25) is 5.02 Å². The first kappa shape index (κ1) is 25.0. The number of para-hydroxylation sites is 1. The van der Waals surface area contributed by atoms with Gasteiger partial charge >= 0.3 is 0 Å². The molecular formula is C26H25ClFN3O3S. The number of halogens is 2. The van der Waals surface area contributed by atoms with Gasteiger partial charge in [0.2, 0.25) is 5.91 Å². The molecule has 1 N–H and O–H groups in total. The molecule has 3 amide bonds. The average molecular weight is 514 g/mol. The molecule has 1 saturated heterocycles. The molecule has 182 valence electrons. The van der Waals surface area contributed by atoms with Gasteiger partial charge in [0.1, 0.15) is 12.4 Å². The van der Waals surface area contributed by atoms with Gasteiger partial charge in [-0.1, -0.05) is 29.8 Å². The van der Waals surface area contributed by atoms with E-state index >= 15 is 0 Å². The molecule has 2 aromatic carbocycles. The average Bonchev–Trinajstić information content (AvgIpc) is 3.03. The quantitative estimate of drug-likeness (QED) is 0.484. The third-order valence-corrected chi connectivity index (χ3v) is 7.26. The number of hydrogen-bond acceptors (Lipinski definition) is 5. The van der Waals surface area contributed by atoms with Crippen LogP contribution in [0.15, 0.2) is 47.4 Å². The van der Waals surface area contributed by atoms with E-state index in [4.69, 9.17) is 11.6 Å². The minimum atomic E-state index is -0.673. The number of rotatable bonds is 5. The molecule has 0 bridgehead atoms. The third kappa shape index (κ3) is 4.86. The summed E-state index contributed by atoms with van der Waals surface area (Å²) in [5.74, 6) is -1.87. The second-order valence-electron chi connectivity index (χ2n) is 8.91. The van der Waals surface area contributed by atoms with Crippen molar-refractivity contribution in [2.45, 2.75) is 33.2 Å². The molecule has 0 atom stereocenters. The Labute approximate surface area is 212 Å². The molecule has 0 unspecified atom stereocenters. The Kier molecular flexibility index (Phi) is 6.79. The Morgan fingerprint density at radius 1 is 1.23 bits per heavy atom. The van der Waals surface area contributed by atoms with Crippen LogP contribution in [0.5, 0.6) is 0 Å². The molecule has 0 spiro atoms. The smallest absolute Gasteiger partial charge is 0.294 e. The van der Waals surface area contributed by atoms with Crippen molar-refractivity contribution in [2.75, 3.05) is 23.3 Å². The number of imide groups is 1. The predicted octanol–water partition coefficient (Wildman–Crippen LogP) is 6.18. The molecule has 1 fully saturated rings. The maximum atomic E-state index is 13.8. The van der Waals surface area contributed by atoms with Crippen molar-refractivity contribution in [1.82, 2.24) is 4.90 Å². The fraction of sp³-hybridized carbons (Fsp3) is 0.269. The predicted molar refractivity (Wildman–Crippen MR) is 140 cm³/mol. The van der Waals surface area contributed by atoms with Crippen LogP contribution >= 0.6 is 23.4 Å². The highest BCUT2D eigenvalue weighted by Crippen LogP contribution is 2.42. The van der Waals surface area contributed by atoms with Crippen molar-refractivity contribution in [3.63, 3.8) is 0 Å². The second kappa shape index (κ2) is 9.51. The van der Waals surface area contributed by atoms with Crippen molar-refractivity contribution in [1.29, 1.82) is 0 Å². The van der Waals surface area contributed by atoms with Crippen LogP contribution in [0.25, 0.3) is 11.6 Å². The van der Waals surface area contributed by atoms with E-state index in [2.05, 4.69) is 37.1 Å². The molecule has 0 aromatic heterocycles. The highest BCUT2D eigenvalue weighted by Gasteiger charge is 2.37. The number of hydrogen-bond donors (Lipinski definition) is 1. The Bertz CT molecular complexity index is 1300. The zero-order valence-corrected chi connectivity index (χ0v) is 21.4. The Balaban J connectivity index is 1.58. The standard InChI is InChI=1S/C26H25ClFN3O3S/c1-5-31-21-12-18(27)16(10-17(21)15(2)13-26(31,3)4)11-22-24(33)30(25(34)35-22)14-23(32)29-20-9-7-6-8-19(20)28/h6-13H,5,14H2,1-4H3,(H,29,32)/b22-11+. The van der Waals surface area contributed by atoms with Gasteiger partial charge in [0.25, 0.3) is 11.1 Å². The first-order valence-corrected chi connectivity index (χ1v) is 12.3. The lowest BCUT2D eigenvalue weighted by Crippen LogP contribution is -2.44.